The molecule has 1 aromatic rings. The summed E-state index contributed by atoms with van der Waals surface area (Å²) in [7, 11) is 0. The van der Waals surface area contributed by atoms with E-state index in [1.165, 1.54) is 0 Å². The zero-order valence-electron chi connectivity index (χ0n) is 10.5. The van der Waals surface area contributed by atoms with Crippen molar-refractivity contribution in [2.75, 3.05) is 11.9 Å². The molecule has 4 N–H and O–H groups in total. The van der Waals surface area contributed by atoms with Gasteiger partial charge in [0.2, 0.25) is 0 Å². The molecule has 0 aromatic heterocycles. The van der Waals surface area contributed by atoms with Crippen LogP contribution in [0.3, 0.4) is 0 Å². The lowest BCUT2D eigenvalue weighted by molar-refractivity contribution is -0.134. The zero-order chi connectivity index (χ0) is 15.0. The van der Waals surface area contributed by atoms with Crippen LogP contribution in [-0.2, 0) is 4.79 Å². The Morgan fingerprint density at radius 3 is 1.68 bits per heavy atom. The first-order chi connectivity index (χ1) is 8.90. The highest BCUT2D eigenvalue weighted by Crippen LogP contribution is 2.15. The molecule has 0 fully saturated rings. The van der Waals surface area contributed by atoms with Crippen molar-refractivity contribution < 1.29 is 29.7 Å². The van der Waals surface area contributed by atoms with Gasteiger partial charge in [-0.1, -0.05) is 13.8 Å². The molecule has 0 aliphatic heterocycles. The summed E-state index contributed by atoms with van der Waals surface area (Å²) in [5.74, 6) is -3.71. The van der Waals surface area contributed by atoms with Gasteiger partial charge in [-0.2, -0.15) is 0 Å². The third kappa shape index (κ3) is 5.53. The fourth-order valence-electron chi connectivity index (χ4n) is 1.15. The van der Waals surface area contributed by atoms with E-state index >= 15 is 0 Å². The van der Waals surface area contributed by atoms with E-state index in [0.29, 0.717) is 0 Å². The Kier molecular flexibility index (Phi) is 6.66. The molecule has 0 saturated carbocycles. The molecule has 0 unspecified atom stereocenters. The van der Waals surface area contributed by atoms with Gasteiger partial charge < -0.3 is 20.6 Å². The molecule has 0 spiro atoms. The van der Waals surface area contributed by atoms with E-state index in [-0.39, 0.29) is 16.8 Å². The number of hydrogen-bond donors (Lipinski definition) is 4. The van der Waals surface area contributed by atoms with Gasteiger partial charge in [0.1, 0.15) is 6.54 Å². The van der Waals surface area contributed by atoms with E-state index in [1.54, 1.807) is 0 Å². The predicted molar refractivity (Wildman–Crippen MR) is 67.8 cm³/mol. The molecule has 1 aromatic carbocycles. The second-order valence-electron chi connectivity index (χ2n) is 3.16. The summed E-state index contributed by atoms with van der Waals surface area (Å²) in [6.45, 7) is 3.57. The number of carboxylic acid groups (broad SMARTS) is 3. The van der Waals surface area contributed by atoms with Gasteiger partial charge in [-0.05, 0) is 18.2 Å². The normalized spacial score (nSPS) is 8.95. The van der Waals surface area contributed by atoms with Crippen LogP contribution in [-0.4, -0.2) is 39.8 Å². The quantitative estimate of drug-likeness (QED) is 0.640. The lowest BCUT2D eigenvalue weighted by Gasteiger charge is -2.06. The highest BCUT2D eigenvalue weighted by Gasteiger charge is 2.11. The van der Waals surface area contributed by atoms with Crippen molar-refractivity contribution in [1.82, 2.24) is 0 Å². The summed E-state index contributed by atoms with van der Waals surface area (Å²) >= 11 is 0. The first kappa shape index (κ1) is 16.4. The van der Waals surface area contributed by atoms with Crippen molar-refractivity contribution in [3.8, 4) is 0 Å². The SMILES string of the molecule is CC.O=C(O)CNc1cc(C(=O)O)cc(C(=O)O)c1. The van der Waals surface area contributed by atoms with Gasteiger partial charge in [0.15, 0.2) is 0 Å². The van der Waals surface area contributed by atoms with Crippen molar-refractivity contribution in [2.45, 2.75) is 13.8 Å². The number of carbonyl (C=O) groups is 3. The Bertz CT molecular complexity index is 451. The third-order valence-electron chi connectivity index (χ3n) is 1.87. The molecular formula is C12H15NO6. The lowest BCUT2D eigenvalue weighted by atomic mass is 10.1. The number of carboxylic acids is 3. The van der Waals surface area contributed by atoms with Crippen molar-refractivity contribution in [3.63, 3.8) is 0 Å². The molecule has 0 amide bonds. The Morgan fingerprint density at radius 2 is 1.37 bits per heavy atom. The van der Waals surface area contributed by atoms with Crippen LogP contribution in [0.5, 0.6) is 0 Å². The number of nitrogens with one attached hydrogen (secondary N) is 1. The van der Waals surface area contributed by atoms with Crippen LogP contribution in [0, 0.1) is 0 Å². The highest BCUT2D eigenvalue weighted by atomic mass is 16.4. The molecule has 0 aliphatic carbocycles. The van der Waals surface area contributed by atoms with Gasteiger partial charge in [0, 0.05) is 5.69 Å². The van der Waals surface area contributed by atoms with Crippen LogP contribution in [0.25, 0.3) is 0 Å². The van der Waals surface area contributed by atoms with Crippen LogP contribution in [0.2, 0.25) is 0 Å². The first-order valence-electron chi connectivity index (χ1n) is 5.47. The maximum Gasteiger partial charge on any atom is 0.335 e. The maximum atomic E-state index is 10.7. The van der Waals surface area contributed by atoms with Crippen molar-refractivity contribution >= 4 is 23.6 Å². The minimum absolute atomic E-state index is 0.129. The van der Waals surface area contributed by atoms with E-state index in [0.717, 1.165) is 18.2 Å². The monoisotopic (exact) mass is 269 g/mol. The second kappa shape index (κ2) is 7.70. The number of anilines is 1. The van der Waals surface area contributed by atoms with E-state index in [1.807, 2.05) is 13.8 Å². The van der Waals surface area contributed by atoms with Gasteiger partial charge in [-0.25, -0.2) is 9.59 Å². The highest BCUT2D eigenvalue weighted by molar-refractivity contribution is 5.95. The van der Waals surface area contributed by atoms with E-state index in [9.17, 15) is 14.4 Å². The Balaban J connectivity index is 0.00000154. The Morgan fingerprint density at radius 1 is 0.947 bits per heavy atom. The standard InChI is InChI=1S/C10H9NO6.C2H6/c12-8(13)4-11-7-2-5(9(14)15)1-6(3-7)10(16)17;1-2/h1-3,11H,4H2,(H,12,13)(H,14,15)(H,16,17);1-2H3. The minimum atomic E-state index is -1.29. The van der Waals surface area contributed by atoms with Crippen LogP contribution < -0.4 is 5.32 Å². The van der Waals surface area contributed by atoms with Gasteiger partial charge >= 0.3 is 17.9 Å². The smallest absolute Gasteiger partial charge is 0.335 e. The van der Waals surface area contributed by atoms with Gasteiger partial charge in [-0.3, -0.25) is 4.79 Å². The molecule has 0 bridgehead atoms. The molecule has 19 heavy (non-hydrogen) atoms. The molecule has 0 aliphatic rings. The van der Waals surface area contributed by atoms with Gasteiger partial charge in [0.05, 0.1) is 11.1 Å². The molecule has 0 radical (unpaired) electrons. The first-order valence-corrected chi connectivity index (χ1v) is 5.47. The van der Waals surface area contributed by atoms with Crippen molar-refractivity contribution in [3.05, 3.63) is 29.3 Å². The van der Waals surface area contributed by atoms with Crippen LogP contribution in [0.1, 0.15) is 34.6 Å². The zero-order valence-corrected chi connectivity index (χ0v) is 10.5. The largest absolute Gasteiger partial charge is 0.480 e. The topological polar surface area (TPSA) is 124 Å². The van der Waals surface area contributed by atoms with E-state index in [4.69, 9.17) is 15.3 Å². The third-order valence-corrected chi connectivity index (χ3v) is 1.87. The maximum absolute atomic E-state index is 10.7. The summed E-state index contributed by atoms with van der Waals surface area (Å²) in [5, 5.41) is 28.4. The van der Waals surface area contributed by atoms with Crippen LogP contribution >= 0.6 is 0 Å². The Labute approximate surface area is 109 Å². The molecule has 7 heteroatoms. The number of hydrogen-bond acceptors (Lipinski definition) is 4. The second-order valence-corrected chi connectivity index (χ2v) is 3.16. The average Bonchev–Trinajstić information content (AvgIpc) is 2.38. The molecule has 0 atom stereocenters. The summed E-state index contributed by atoms with van der Waals surface area (Å²) in [6.07, 6.45) is 0. The average molecular weight is 269 g/mol. The molecule has 0 saturated heterocycles. The molecule has 1 rings (SSSR count). The number of aromatic carboxylic acids is 2. The van der Waals surface area contributed by atoms with Gasteiger partial charge in [0.25, 0.3) is 0 Å². The van der Waals surface area contributed by atoms with Crippen LogP contribution in [0.4, 0.5) is 5.69 Å². The van der Waals surface area contributed by atoms with Gasteiger partial charge in [-0.15, -0.1) is 0 Å². The minimum Gasteiger partial charge on any atom is -0.480 e. The molecule has 0 heterocycles. The number of benzene rings is 1. The van der Waals surface area contributed by atoms with Crippen molar-refractivity contribution in [1.29, 1.82) is 0 Å². The number of rotatable bonds is 5. The Hall–Kier alpha value is -2.57. The summed E-state index contributed by atoms with van der Waals surface area (Å²) in [5.41, 5.74) is -0.319. The predicted octanol–water partition coefficient (Wildman–Crippen LogP) is 1.61. The number of aliphatic carboxylic acids is 1. The van der Waals surface area contributed by atoms with E-state index in [2.05, 4.69) is 5.32 Å². The summed E-state index contributed by atoms with van der Waals surface area (Å²) in [4.78, 5) is 31.8. The molecular weight excluding hydrogens is 254 g/mol. The summed E-state index contributed by atoms with van der Waals surface area (Å²) in [6, 6.07) is 3.33. The molecule has 7 nitrogen and oxygen atoms in total. The van der Waals surface area contributed by atoms with Crippen molar-refractivity contribution in [2.24, 2.45) is 0 Å². The lowest BCUT2D eigenvalue weighted by Crippen LogP contribution is -2.13. The summed E-state index contributed by atoms with van der Waals surface area (Å²) < 4.78 is 0. The fraction of sp³-hybridized carbons (Fsp3) is 0.250. The van der Waals surface area contributed by atoms with E-state index < -0.39 is 24.5 Å². The fourth-order valence-corrected chi connectivity index (χ4v) is 1.15. The molecule has 104 valence electrons. The van der Waals surface area contributed by atoms with Crippen LogP contribution in [0.15, 0.2) is 18.2 Å².